The summed E-state index contributed by atoms with van der Waals surface area (Å²) in [5.74, 6) is -0.0979. The van der Waals surface area contributed by atoms with Gasteiger partial charge < -0.3 is 5.32 Å². The van der Waals surface area contributed by atoms with Crippen LogP contribution < -0.4 is 5.32 Å². The number of hydrogen-bond acceptors (Lipinski definition) is 2. The Bertz CT molecular complexity index is 376. The number of nitrogens with zero attached hydrogens (tertiary/aromatic N) is 1. The minimum atomic E-state index is -0.0979. The summed E-state index contributed by atoms with van der Waals surface area (Å²) in [7, 11) is 0. The smallest absolute Gasteiger partial charge is 0.128 e. The molecule has 2 nitrogen and oxygen atoms in total. The monoisotopic (exact) mass is 286 g/mol. The molecule has 1 aliphatic heterocycles. The zero-order chi connectivity index (χ0) is 11.5. The Kier molecular flexibility index (Phi) is 3.95. The van der Waals surface area contributed by atoms with Gasteiger partial charge in [0.2, 0.25) is 0 Å². The predicted molar refractivity (Wildman–Crippen MR) is 67.0 cm³/mol. The molecule has 0 amide bonds. The maximum Gasteiger partial charge on any atom is 0.128 e. The van der Waals surface area contributed by atoms with E-state index in [9.17, 15) is 4.39 Å². The van der Waals surface area contributed by atoms with Crippen LogP contribution in [0.5, 0.6) is 0 Å². The van der Waals surface area contributed by atoms with E-state index in [2.05, 4.69) is 26.1 Å². The molecule has 0 unspecified atom stereocenters. The van der Waals surface area contributed by atoms with E-state index in [-0.39, 0.29) is 5.82 Å². The van der Waals surface area contributed by atoms with Gasteiger partial charge in [-0.05, 0) is 24.6 Å². The van der Waals surface area contributed by atoms with Crippen LogP contribution in [0, 0.1) is 12.7 Å². The number of hydrogen-bond donors (Lipinski definition) is 1. The van der Waals surface area contributed by atoms with Crippen LogP contribution in [0.2, 0.25) is 0 Å². The summed E-state index contributed by atoms with van der Waals surface area (Å²) in [6.45, 7) is 6.64. The normalized spacial score (nSPS) is 17.7. The Hall–Kier alpha value is -0.450. The van der Waals surface area contributed by atoms with Gasteiger partial charge in [0, 0.05) is 42.8 Å². The van der Waals surface area contributed by atoms with Crippen LogP contribution >= 0.6 is 15.9 Å². The van der Waals surface area contributed by atoms with Gasteiger partial charge in [-0.2, -0.15) is 0 Å². The third kappa shape index (κ3) is 2.62. The van der Waals surface area contributed by atoms with Gasteiger partial charge in [-0.25, -0.2) is 4.39 Å². The third-order valence-corrected chi connectivity index (χ3v) is 3.93. The highest BCUT2D eigenvalue weighted by atomic mass is 79.9. The molecule has 1 aromatic rings. The molecule has 0 saturated carbocycles. The molecule has 4 heteroatoms. The summed E-state index contributed by atoms with van der Waals surface area (Å²) in [4.78, 5) is 2.29. The van der Waals surface area contributed by atoms with Gasteiger partial charge in [-0.3, -0.25) is 4.90 Å². The summed E-state index contributed by atoms with van der Waals surface area (Å²) in [5, 5.41) is 3.30. The molecular weight excluding hydrogens is 271 g/mol. The fourth-order valence-corrected chi connectivity index (χ4v) is 2.35. The second-order valence-electron chi connectivity index (χ2n) is 4.16. The van der Waals surface area contributed by atoms with Crippen LogP contribution in [-0.4, -0.2) is 31.1 Å². The molecule has 0 aliphatic carbocycles. The lowest BCUT2D eigenvalue weighted by molar-refractivity contribution is 0.230. The summed E-state index contributed by atoms with van der Waals surface area (Å²) >= 11 is 3.45. The largest absolute Gasteiger partial charge is 0.314 e. The highest BCUT2D eigenvalue weighted by Gasteiger charge is 2.15. The molecule has 0 bridgehead atoms. The van der Waals surface area contributed by atoms with E-state index in [1.807, 2.05) is 6.92 Å². The predicted octanol–water partition coefficient (Wildman–Crippen LogP) is 2.30. The van der Waals surface area contributed by atoms with E-state index >= 15 is 0 Å². The molecule has 0 spiro atoms. The summed E-state index contributed by atoms with van der Waals surface area (Å²) in [6, 6.07) is 3.31. The van der Waals surface area contributed by atoms with Crippen LogP contribution in [0.15, 0.2) is 16.6 Å². The van der Waals surface area contributed by atoms with E-state index in [0.29, 0.717) is 6.54 Å². The molecular formula is C12H16BrFN2. The van der Waals surface area contributed by atoms with Gasteiger partial charge in [0.15, 0.2) is 0 Å². The van der Waals surface area contributed by atoms with Gasteiger partial charge in [0.05, 0.1) is 0 Å². The minimum Gasteiger partial charge on any atom is -0.314 e. The topological polar surface area (TPSA) is 15.3 Å². The van der Waals surface area contributed by atoms with Crippen molar-refractivity contribution >= 4 is 15.9 Å². The van der Waals surface area contributed by atoms with Crippen molar-refractivity contribution in [3.8, 4) is 0 Å². The molecule has 1 aromatic carbocycles. The van der Waals surface area contributed by atoms with Crippen LogP contribution in [0.4, 0.5) is 4.39 Å². The Balaban J connectivity index is 2.16. The minimum absolute atomic E-state index is 0.0979. The number of benzene rings is 1. The molecule has 1 saturated heterocycles. The van der Waals surface area contributed by atoms with Gasteiger partial charge in [-0.1, -0.05) is 15.9 Å². The number of halogens is 2. The van der Waals surface area contributed by atoms with E-state index in [0.717, 1.165) is 41.8 Å². The third-order valence-electron chi connectivity index (χ3n) is 3.07. The lowest BCUT2D eigenvalue weighted by Crippen LogP contribution is -2.43. The standard InChI is InChI=1S/C12H16BrFN2/c1-9-10(12(14)3-2-11(9)13)8-16-6-4-15-5-7-16/h2-3,15H,4-8H2,1H3. The van der Waals surface area contributed by atoms with Crippen molar-refractivity contribution in [1.29, 1.82) is 0 Å². The van der Waals surface area contributed by atoms with Crippen LogP contribution in [0.1, 0.15) is 11.1 Å². The second kappa shape index (κ2) is 5.25. The van der Waals surface area contributed by atoms with Crippen molar-refractivity contribution in [2.24, 2.45) is 0 Å². The Morgan fingerprint density at radius 1 is 1.38 bits per heavy atom. The van der Waals surface area contributed by atoms with E-state index in [1.165, 1.54) is 6.07 Å². The molecule has 0 radical (unpaired) electrons. The fourth-order valence-electron chi connectivity index (χ4n) is 1.98. The van der Waals surface area contributed by atoms with Crippen molar-refractivity contribution in [3.63, 3.8) is 0 Å². The molecule has 1 aliphatic rings. The first-order chi connectivity index (χ1) is 7.68. The number of nitrogens with one attached hydrogen (secondary N) is 1. The van der Waals surface area contributed by atoms with Crippen molar-refractivity contribution in [2.75, 3.05) is 26.2 Å². The maximum atomic E-state index is 13.7. The van der Waals surface area contributed by atoms with Gasteiger partial charge in [0.25, 0.3) is 0 Å². The first-order valence-corrected chi connectivity index (χ1v) is 6.34. The lowest BCUT2D eigenvalue weighted by atomic mass is 10.1. The van der Waals surface area contributed by atoms with Gasteiger partial charge in [-0.15, -0.1) is 0 Å². The quantitative estimate of drug-likeness (QED) is 0.898. The Labute approximate surface area is 104 Å². The highest BCUT2D eigenvalue weighted by Crippen LogP contribution is 2.23. The van der Waals surface area contributed by atoms with Crippen LogP contribution in [0.3, 0.4) is 0 Å². The van der Waals surface area contributed by atoms with E-state index < -0.39 is 0 Å². The SMILES string of the molecule is Cc1c(Br)ccc(F)c1CN1CCNCC1. The van der Waals surface area contributed by atoms with E-state index in [4.69, 9.17) is 0 Å². The van der Waals surface area contributed by atoms with Crippen molar-refractivity contribution in [1.82, 2.24) is 10.2 Å². The summed E-state index contributed by atoms with van der Waals surface area (Å²) in [6.07, 6.45) is 0. The Morgan fingerprint density at radius 3 is 2.75 bits per heavy atom. The number of piperazine rings is 1. The summed E-state index contributed by atoms with van der Waals surface area (Å²) < 4.78 is 14.7. The molecule has 88 valence electrons. The average molecular weight is 287 g/mol. The average Bonchev–Trinajstić information content (AvgIpc) is 2.31. The lowest BCUT2D eigenvalue weighted by Gasteiger charge is -2.28. The van der Waals surface area contributed by atoms with Gasteiger partial charge in [0.1, 0.15) is 5.82 Å². The van der Waals surface area contributed by atoms with Crippen molar-refractivity contribution in [2.45, 2.75) is 13.5 Å². The first-order valence-electron chi connectivity index (χ1n) is 5.55. The molecule has 0 aromatic heterocycles. The molecule has 2 rings (SSSR count). The number of rotatable bonds is 2. The fraction of sp³-hybridized carbons (Fsp3) is 0.500. The van der Waals surface area contributed by atoms with Gasteiger partial charge >= 0.3 is 0 Å². The van der Waals surface area contributed by atoms with Crippen molar-refractivity contribution in [3.05, 3.63) is 33.5 Å². The van der Waals surface area contributed by atoms with E-state index in [1.54, 1.807) is 6.07 Å². The molecule has 16 heavy (non-hydrogen) atoms. The van der Waals surface area contributed by atoms with Crippen LogP contribution in [0.25, 0.3) is 0 Å². The highest BCUT2D eigenvalue weighted by molar-refractivity contribution is 9.10. The second-order valence-corrected chi connectivity index (χ2v) is 5.01. The molecule has 1 N–H and O–H groups in total. The molecule has 1 heterocycles. The van der Waals surface area contributed by atoms with Crippen LogP contribution in [-0.2, 0) is 6.54 Å². The summed E-state index contributed by atoms with van der Waals surface area (Å²) in [5.41, 5.74) is 1.83. The molecule has 1 fully saturated rings. The zero-order valence-corrected chi connectivity index (χ0v) is 11.0. The Morgan fingerprint density at radius 2 is 2.06 bits per heavy atom. The maximum absolute atomic E-state index is 13.7. The molecule has 0 atom stereocenters. The zero-order valence-electron chi connectivity index (χ0n) is 9.39. The van der Waals surface area contributed by atoms with Crippen molar-refractivity contribution < 1.29 is 4.39 Å². The first kappa shape index (κ1) is 12.0.